The molecular weight excluding hydrogens is 745 g/mol. The zero-order chi connectivity index (χ0) is 30.7. The number of rotatable bonds is 5. The summed E-state index contributed by atoms with van der Waals surface area (Å²) in [4.78, 5) is 9.11. The zero-order valence-corrected chi connectivity index (χ0v) is 29.7. The van der Waals surface area contributed by atoms with Crippen LogP contribution in [-0.2, 0) is 26.5 Å². The van der Waals surface area contributed by atoms with E-state index in [4.69, 9.17) is 4.42 Å². The van der Waals surface area contributed by atoms with Crippen LogP contribution < -0.4 is 5.19 Å². The molecule has 3 heterocycles. The fourth-order valence-corrected chi connectivity index (χ4v) is 6.47. The quantitative estimate of drug-likeness (QED) is 0.129. The van der Waals surface area contributed by atoms with E-state index in [2.05, 4.69) is 122 Å². The summed E-state index contributed by atoms with van der Waals surface area (Å²) in [5, 5.41) is 3.67. The first-order valence-electron chi connectivity index (χ1n) is 15.0. The summed E-state index contributed by atoms with van der Waals surface area (Å²) < 4.78 is 6.08. The molecule has 7 aromatic rings. The number of fused-ring (bicyclic) bond motifs is 3. The molecule has 0 aliphatic rings. The van der Waals surface area contributed by atoms with Gasteiger partial charge < -0.3 is 14.4 Å². The number of hydrogen-bond acceptors (Lipinski definition) is 3. The second-order valence-corrected chi connectivity index (χ2v) is 17.4. The summed E-state index contributed by atoms with van der Waals surface area (Å²) in [7, 11) is -1.23. The van der Waals surface area contributed by atoms with Gasteiger partial charge in [-0.15, -0.1) is 59.7 Å². The third-order valence-electron chi connectivity index (χ3n) is 7.80. The molecule has 0 bridgehead atoms. The molecule has 0 amide bonds. The minimum Gasteiger partial charge on any atom is -0.500 e. The van der Waals surface area contributed by atoms with Gasteiger partial charge in [0, 0.05) is 37.9 Å². The number of aryl methyl sites for hydroxylation is 2. The van der Waals surface area contributed by atoms with Crippen LogP contribution >= 0.6 is 0 Å². The third kappa shape index (κ3) is 7.57. The summed E-state index contributed by atoms with van der Waals surface area (Å²) in [5.74, 6) is 0. The average molecular weight is 781 g/mol. The molecule has 0 saturated heterocycles. The largest absolute Gasteiger partial charge is 0.500 e. The molecule has 0 aliphatic carbocycles. The maximum atomic E-state index is 6.08. The Balaban J connectivity index is 0.000000202. The van der Waals surface area contributed by atoms with Crippen molar-refractivity contribution in [2.75, 3.05) is 0 Å². The van der Waals surface area contributed by atoms with Crippen LogP contribution in [0, 0.1) is 26.0 Å². The molecule has 0 atom stereocenters. The number of nitrogens with zero attached hydrogens (tertiary/aromatic N) is 2. The van der Waals surface area contributed by atoms with E-state index in [0.717, 1.165) is 56.4 Å². The fourth-order valence-electron chi connectivity index (χ4n) is 5.43. The van der Waals surface area contributed by atoms with Gasteiger partial charge in [-0.2, -0.15) is 0 Å². The van der Waals surface area contributed by atoms with E-state index in [9.17, 15) is 0 Å². The first-order chi connectivity index (χ1) is 21.2. The van der Waals surface area contributed by atoms with Crippen molar-refractivity contribution >= 4 is 35.2 Å². The van der Waals surface area contributed by atoms with Crippen LogP contribution in [0.4, 0.5) is 0 Å². The molecule has 227 valence electrons. The van der Waals surface area contributed by atoms with Crippen molar-refractivity contribution in [2.24, 2.45) is 0 Å². The van der Waals surface area contributed by atoms with E-state index in [-0.39, 0.29) is 20.1 Å². The monoisotopic (exact) mass is 781 g/mol. The van der Waals surface area contributed by atoms with Gasteiger partial charge in [0.1, 0.15) is 5.58 Å². The summed E-state index contributed by atoms with van der Waals surface area (Å²) in [6.45, 7) is 11.2. The number of hydrogen-bond donors (Lipinski definition) is 0. The Morgan fingerprint density at radius 2 is 1.51 bits per heavy atom. The zero-order valence-electron chi connectivity index (χ0n) is 26.3. The Bertz CT molecular complexity index is 2030. The van der Waals surface area contributed by atoms with Crippen LogP contribution in [0.5, 0.6) is 0 Å². The van der Waals surface area contributed by atoms with Gasteiger partial charge in [0.25, 0.3) is 0 Å². The summed E-state index contributed by atoms with van der Waals surface area (Å²) in [6.07, 6.45) is 4.79. The Labute approximate surface area is 280 Å². The molecule has 0 fully saturated rings. The van der Waals surface area contributed by atoms with Gasteiger partial charge in [-0.1, -0.05) is 85.2 Å². The van der Waals surface area contributed by atoms with Crippen molar-refractivity contribution in [3.63, 3.8) is 0 Å². The van der Waals surface area contributed by atoms with E-state index in [1.54, 1.807) is 0 Å². The van der Waals surface area contributed by atoms with Crippen LogP contribution in [0.3, 0.4) is 0 Å². The maximum absolute atomic E-state index is 6.08. The van der Waals surface area contributed by atoms with Crippen LogP contribution in [0.25, 0.3) is 44.5 Å². The van der Waals surface area contributed by atoms with Crippen molar-refractivity contribution in [3.8, 4) is 22.5 Å². The van der Waals surface area contributed by atoms with Crippen molar-refractivity contribution in [1.29, 1.82) is 0 Å². The van der Waals surface area contributed by atoms with Crippen LogP contribution in [-0.4, -0.2) is 18.0 Å². The average Bonchev–Trinajstić information content (AvgIpc) is 3.40. The maximum Gasteiger partial charge on any atom is 0.123 e. The minimum absolute atomic E-state index is 0. The van der Waals surface area contributed by atoms with Crippen LogP contribution in [0.15, 0.2) is 120 Å². The molecule has 7 rings (SSSR count). The molecule has 3 aromatic heterocycles. The summed E-state index contributed by atoms with van der Waals surface area (Å²) in [5.41, 5.74) is 10.8. The normalized spacial score (nSPS) is 11.1. The second-order valence-electron chi connectivity index (χ2n) is 12.4. The van der Waals surface area contributed by atoms with Crippen molar-refractivity contribution < 1.29 is 24.5 Å². The topological polar surface area (TPSA) is 38.9 Å². The standard InChI is InChI=1S/C26H20NO.C14H16NSi.Ir/c1-17-12-18(2)26-23(13-17)22-16-21(8-9-25(22)28-26)24-15-20(10-11-27-24)14-19-6-4-3-5-7-19;1-16(2,3)13-9-10-14(15-11-13)12-7-5-4-6-8-12;/h3-7,9-13,15-16H,14H2,1-2H3;4-7,9-11H,1-3H3;/q2*-1;. The van der Waals surface area contributed by atoms with Gasteiger partial charge in [0.05, 0.1) is 13.7 Å². The van der Waals surface area contributed by atoms with Gasteiger partial charge in [-0.3, -0.25) is 0 Å². The first-order valence-corrected chi connectivity index (χ1v) is 18.5. The van der Waals surface area contributed by atoms with E-state index >= 15 is 0 Å². The van der Waals surface area contributed by atoms with Gasteiger partial charge >= 0.3 is 0 Å². The molecule has 0 aliphatic heterocycles. The molecule has 3 nitrogen and oxygen atoms in total. The number of pyridine rings is 2. The third-order valence-corrected chi connectivity index (χ3v) is 9.83. The van der Waals surface area contributed by atoms with E-state index in [0.29, 0.717) is 0 Å². The first kappa shape index (κ1) is 32.2. The van der Waals surface area contributed by atoms with Crippen LogP contribution in [0.2, 0.25) is 19.6 Å². The number of furan rings is 1. The van der Waals surface area contributed by atoms with E-state index < -0.39 is 8.07 Å². The predicted octanol–water partition coefficient (Wildman–Crippen LogP) is 9.75. The van der Waals surface area contributed by atoms with Gasteiger partial charge in [-0.05, 0) is 65.7 Å². The van der Waals surface area contributed by atoms with E-state index in [1.165, 1.54) is 21.9 Å². The van der Waals surface area contributed by atoms with Gasteiger partial charge in [-0.25, -0.2) is 0 Å². The summed E-state index contributed by atoms with van der Waals surface area (Å²) in [6, 6.07) is 42.0. The molecule has 0 unspecified atom stereocenters. The van der Waals surface area contributed by atoms with Crippen molar-refractivity contribution in [3.05, 3.63) is 150 Å². The number of aromatic nitrogens is 2. The molecule has 0 spiro atoms. The molecule has 0 N–H and O–H groups in total. The molecule has 0 saturated carbocycles. The fraction of sp³-hybridized carbons (Fsp3) is 0.150. The van der Waals surface area contributed by atoms with Crippen molar-refractivity contribution in [1.82, 2.24) is 9.97 Å². The summed E-state index contributed by atoms with van der Waals surface area (Å²) >= 11 is 0. The Morgan fingerprint density at radius 3 is 2.22 bits per heavy atom. The molecule has 1 radical (unpaired) electrons. The Morgan fingerprint density at radius 1 is 0.711 bits per heavy atom. The SMILES string of the molecule is C[Si](C)(C)c1ccc(-c2[c-]cccc2)nc1.Cc1cc(C)c2oc3c[c-]c(-c4cc(Cc5ccccc5)ccn4)cc3c2c1.[Ir]. The van der Waals surface area contributed by atoms with E-state index in [1.807, 2.05) is 48.8 Å². The predicted molar refractivity (Wildman–Crippen MR) is 186 cm³/mol. The second kappa shape index (κ2) is 13.9. The number of benzene rings is 4. The smallest absolute Gasteiger partial charge is 0.123 e. The Kier molecular flexibility index (Phi) is 9.94. The molecule has 5 heteroatoms. The minimum atomic E-state index is -1.23. The molecular formula is C40H36IrN2OSi-2. The molecule has 4 aromatic carbocycles. The van der Waals surface area contributed by atoms with Gasteiger partial charge in [0.15, 0.2) is 0 Å². The van der Waals surface area contributed by atoms with Gasteiger partial charge in [0.2, 0.25) is 0 Å². The Hall–Kier alpha value is -4.15. The molecule has 45 heavy (non-hydrogen) atoms. The van der Waals surface area contributed by atoms with Crippen LogP contribution in [0.1, 0.15) is 22.3 Å². The van der Waals surface area contributed by atoms with Crippen molar-refractivity contribution in [2.45, 2.75) is 39.9 Å².